The predicted molar refractivity (Wildman–Crippen MR) is 70.1 cm³/mol. The molecule has 0 saturated heterocycles. The topological polar surface area (TPSA) is 87.5 Å². The number of carbonyl (C=O) groups excluding carboxylic acids is 1. The molecule has 1 aromatic heterocycles. The van der Waals surface area contributed by atoms with E-state index in [1.807, 2.05) is 19.0 Å². The Morgan fingerprint density at radius 1 is 1.53 bits per heavy atom. The maximum absolute atomic E-state index is 11.9. The number of amides is 1. The number of hydrogen-bond donors (Lipinski definition) is 2. The zero-order valence-electron chi connectivity index (χ0n) is 11.5. The third-order valence-corrected chi connectivity index (χ3v) is 2.72. The van der Waals surface area contributed by atoms with Gasteiger partial charge in [0.15, 0.2) is 0 Å². The van der Waals surface area contributed by atoms with Crippen molar-refractivity contribution in [3.05, 3.63) is 18.0 Å². The summed E-state index contributed by atoms with van der Waals surface area (Å²) >= 11 is 0. The van der Waals surface area contributed by atoms with Crippen molar-refractivity contribution in [3.63, 3.8) is 0 Å². The molecule has 19 heavy (non-hydrogen) atoms. The maximum Gasteiger partial charge on any atom is 0.354 e. The lowest BCUT2D eigenvalue weighted by atomic mass is 10.3. The van der Waals surface area contributed by atoms with E-state index in [0.29, 0.717) is 6.54 Å². The van der Waals surface area contributed by atoms with Gasteiger partial charge in [-0.2, -0.15) is 5.10 Å². The van der Waals surface area contributed by atoms with E-state index in [4.69, 9.17) is 5.11 Å². The molecule has 0 aliphatic carbocycles. The minimum atomic E-state index is -1.09. The quantitative estimate of drug-likeness (QED) is 0.690. The fraction of sp³-hybridized carbons (Fsp3) is 0.583. The van der Waals surface area contributed by atoms with Gasteiger partial charge in [-0.05, 0) is 40.1 Å². The van der Waals surface area contributed by atoms with Crippen LogP contribution in [0.4, 0.5) is 0 Å². The number of hydrogen-bond acceptors (Lipinski definition) is 4. The van der Waals surface area contributed by atoms with Crippen molar-refractivity contribution in [2.45, 2.75) is 19.4 Å². The van der Waals surface area contributed by atoms with Crippen molar-refractivity contribution in [2.75, 3.05) is 27.2 Å². The van der Waals surface area contributed by atoms with Gasteiger partial charge in [-0.15, -0.1) is 0 Å². The van der Waals surface area contributed by atoms with Crippen LogP contribution in [0.15, 0.2) is 12.3 Å². The van der Waals surface area contributed by atoms with Crippen molar-refractivity contribution < 1.29 is 14.7 Å². The Bertz CT molecular complexity index is 442. The first kappa shape index (κ1) is 15.2. The van der Waals surface area contributed by atoms with Gasteiger partial charge in [0, 0.05) is 12.7 Å². The fourth-order valence-corrected chi connectivity index (χ4v) is 1.66. The summed E-state index contributed by atoms with van der Waals surface area (Å²) in [5.74, 6) is -1.32. The van der Waals surface area contributed by atoms with Crippen LogP contribution in [0.1, 0.15) is 29.9 Å². The van der Waals surface area contributed by atoms with Crippen LogP contribution < -0.4 is 5.32 Å². The highest BCUT2D eigenvalue weighted by molar-refractivity contribution is 5.87. The molecule has 1 aromatic rings. The van der Waals surface area contributed by atoms with Gasteiger partial charge in [0.05, 0.1) is 0 Å². The highest BCUT2D eigenvalue weighted by atomic mass is 16.4. The molecule has 0 fully saturated rings. The highest BCUT2D eigenvalue weighted by Gasteiger charge is 2.20. The van der Waals surface area contributed by atoms with Crippen LogP contribution in [-0.4, -0.2) is 58.8 Å². The number of nitrogens with zero attached hydrogens (tertiary/aromatic N) is 3. The monoisotopic (exact) mass is 268 g/mol. The predicted octanol–water partition coefficient (Wildman–Crippen LogP) is 0.210. The van der Waals surface area contributed by atoms with Gasteiger partial charge < -0.3 is 15.3 Å². The van der Waals surface area contributed by atoms with E-state index in [0.717, 1.165) is 13.0 Å². The summed E-state index contributed by atoms with van der Waals surface area (Å²) in [5, 5.41) is 15.6. The van der Waals surface area contributed by atoms with Crippen molar-refractivity contribution in [2.24, 2.45) is 0 Å². The van der Waals surface area contributed by atoms with E-state index in [9.17, 15) is 9.59 Å². The van der Waals surface area contributed by atoms with Crippen LogP contribution in [-0.2, 0) is 4.79 Å². The lowest BCUT2D eigenvalue weighted by Gasteiger charge is -2.15. The summed E-state index contributed by atoms with van der Waals surface area (Å²) in [6.45, 7) is 3.07. The standard InChI is InChI=1S/C12H20N4O3/c1-9(11(17)13-6-4-8-15(2)3)16-10(12(18)19)5-7-14-16/h5,7,9H,4,6,8H2,1-3H3,(H,13,17)(H,18,19). The summed E-state index contributed by atoms with van der Waals surface area (Å²) in [7, 11) is 3.93. The fourth-order valence-electron chi connectivity index (χ4n) is 1.66. The van der Waals surface area contributed by atoms with Gasteiger partial charge in [-0.1, -0.05) is 0 Å². The zero-order chi connectivity index (χ0) is 14.4. The van der Waals surface area contributed by atoms with Gasteiger partial charge in [-0.3, -0.25) is 4.79 Å². The minimum absolute atomic E-state index is 0.0101. The number of carbonyl (C=O) groups is 2. The molecule has 7 nitrogen and oxygen atoms in total. The second-order valence-corrected chi connectivity index (χ2v) is 4.59. The molecule has 1 atom stereocenters. The number of aromatic nitrogens is 2. The first-order valence-corrected chi connectivity index (χ1v) is 6.12. The number of carboxylic acid groups (broad SMARTS) is 1. The first-order chi connectivity index (χ1) is 8.93. The first-order valence-electron chi connectivity index (χ1n) is 6.12. The second kappa shape index (κ2) is 6.89. The number of nitrogens with one attached hydrogen (secondary N) is 1. The Kier molecular flexibility index (Phi) is 5.50. The largest absolute Gasteiger partial charge is 0.477 e. The van der Waals surface area contributed by atoms with Crippen molar-refractivity contribution >= 4 is 11.9 Å². The molecule has 1 rings (SSSR count). The average Bonchev–Trinajstić information content (AvgIpc) is 2.82. The molecule has 2 N–H and O–H groups in total. The third-order valence-electron chi connectivity index (χ3n) is 2.72. The molecule has 0 spiro atoms. The third kappa shape index (κ3) is 4.36. The van der Waals surface area contributed by atoms with E-state index in [1.54, 1.807) is 6.92 Å². The van der Waals surface area contributed by atoms with Gasteiger partial charge in [-0.25, -0.2) is 9.48 Å². The van der Waals surface area contributed by atoms with Crippen LogP contribution in [0.25, 0.3) is 0 Å². The molecule has 0 saturated carbocycles. The molecule has 0 aromatic carbocycles. The van der Waals surface area contributed by atoms with E-state index in [1.165, 1.54) is 16.9 Å². The van der Waals surface area contributed by atoms with E-state index < -0.39 is 12.0 Å². The minimum Gasteiger partial charge on any atom is -0.477 e. The molecule has 0 bridgehead atoms. The van der Waals surface area contributed by atoms with Gasteiger partial charge in [0.1, 0.15) is 11.7 Å². The van der Waals surface area contributed by atoms with Gasteiger partial charge in [0.2, 0.25) is 5.91 Å². The Labute approximate surface area is 112 Å². The Hall–Kier alpha value is -1.89. The van der Waals surface area contributed by atoms with Crippen molar-refractivity contribution in [1.29, 1.82) is 0 Å². The number of rotatable bonds is 7. The lowest BCUT2D eigenvalue weighted by Crippen LogP contribution is -2.34. The molecular formula is C12H20N4O3. The highest BCUT2D eigenvalue weighted by Crippen LogP contribution is 2.09. The van der Waals surface area contributed by atoms with E-state index >= 15 is 0 Å². The zero-order valence-corrected chi connectivity index (χ0v) is 11.5. The molecule has 7 heteroatoms. The van der Waals surface area contributed by atoms with Crippen LogP contribution in [0, 0.1) is 0 Å². The van der Waals surface area contributed by atoms with Gasteiger partial charge in [0.25, 0.3) is 0 Å². The lowest BCUT2D eigenvalue weighted by molar-refractivity contribution is -0.124. The smallest absolute Gasteiger partial charge is 0.354 e. The summed E-state index contributed by atoms with van der Waals surface area (Å²) in [5.41, 5.74) is 0.0101. The van der Waals surface area contributed by atoms with Crippen molar-refractivity contribution in [1.82, 2.24) is 20.0 Å². The average molecular weight is 268 g/mol. The summed E-state index contributed by atoms with van der Waals surface area (Å²) in [6, 6.07) is 0.735. The number of carboxylic acids is 1. The molecule has 1 unspecified atom stereocenters. The molecule has 0 radical (unpaired) electrons. The maximum atomic E-state index is 11.9. The molecule has 0 aliphatic rings. The van der Waals surface area contributed by atoms with Crippen molar-refractivity contribution in [3.8, 4) is 0 Å². The molecule has 1 heterocycles. The van der Waals surface area contributed by atoms with Crippen LogP contribution in [0.3, 0.4) is 0 Å². The van der Waals surface area contributed by atoms with E-state index in [2.05, 4.69) is 10.4 Å². The number of aromatic carboxylic acids is 1. The normalized spacial score (nSPS) is 12.4. The Balaban J connectivity index is 2.52. The Morgan fingerprint density at radius 3 is 2.79 bits per heavy atom. The van der Waals surface area contributed by atoms with Crippen LogP contribution in [0.5, 0.6) is 0 Å². The molecular weight excluding hydrogens is 248 g/mol. The second-order valence-electron chi connectivity index (χ2n) is 4.59. The summed E-state index contributed by atoms with van der Waals surface area (Å²) in [6.07, 6.45) is 2.22. The molecule has 1 amide bonds. The summed E-state index contributed by atoms with van der Waals surface area (Å²) in [4.78, 5) is 24.9. The van der Waals surface area contributed by atoms with Gasteiger partial charge >= 0.3 is 5.97 Å². The summed E-state index contributed by atoms with van der Waals surface area (Å²) < 4.78 is 1.21. The molecule has 0 aliphatic heterocycles. The Morgan fingerprint density at radius 2 is 2.21 bits per heavy atom. The van der Waals surface area contributed by atoms with Crippen LogP contribution >= 0.6 is 0 Å². The SMILES string of the molecule is CC(C(=O)NCCCN(C)C)n1nccc1C(=O)O. The van der Waals surface area contributed by atoms with E-state index in [-0.39, 0.29) is 11.6 Å². The molecule has 106 valence electrons. The van der Waals surface area contributed by atoms with Crippen LogP contribution in [0.2, 0.25) is 0 Å².